The second kappa shape index (κ2) is 9.60. The zero-order valence-corrected chi connectivity index (χ0v) is 23.7. The van der Waals surface area contributed by atoms with Crippen molar-refractivity contribution in [1.29, 1.82) is 0 Å². The van der Waals surface area contributed by atoms with Crippen LogP contribution in [-0.4, -0.2) is 44.6 Å². The number of amides is 1. The lowest BCUT2D eigenvalue weighted by Gasteiger charge is -2.42. The fourth-order valence-corrected chi connectivity index (χ4v) is 7.12. The number of aliphatic imine (C=N–C) groups is 1. The average Bonchev–Trinajstić information content (AvgIpc) is 3.48. The molecule has 3 aromatic rings. The molecule has 2 aliphatic heterocycles. The molecule has 0 unspecified atom stereocenters. The minimum absolute atomic E-state index is 0.131. The predicted molar refractivity (Wildman–Crippen MR) is 155 cm³/mol. The molecule has 198 valence electrons. The number of piperidine rings is 1. The molecule has 7 heteroatoms. The number of imidazole rings is 1. The Bertz CT molecular complexity index is 1420. The molecule has 3 aliphatic rings. The normalized spacial score (nSPS) is 20.2. The molecule has 38 heavy (non-hydrogen) atoms. The molecule has 1 aromatic carbocycles. The highest BCUT2D eigenvalue weighted by molar-refractivity contribution is 7.10. The number of benzene rings is 1. The molecule has 1 fully saturated rings. The molecular weight excluding hydrogens is 490 g/mol. The third-order valence-electron chi connectivity index (χ3n) is 8.74. The van der Waals surface area contributed by atoms with E-state index in [1.165, 1.54) is 34.5 Å². The Morgan fingerprint density at radius 1 is 1.08 bits per heavy atom. The van der Waals surface area contributed by atoms with Crippen molar-refractivity contribution < 1.29 is 4.79 Å². The fourth-order valence-electron chi connectivity index (χ4n) is 6.12. The minimum atomic E-state index is 0.131. The Morgan fingerprint density at radius 3 is 2.63 bits per heavy atom. The number of likely N-dealkylation sites (tertiary alicyclic amines) is 1. The molecule has 0 bridgehead atoms. The van der Waals surface area contributed by atoms with Gasteiger partial charge in [0.1, 0.15) is 12.2 Å². The Kier molecular flexibility index (Phi) is 6.37. The van der Waals surface area contributed by atoms with Crippen LogP contribution in [0.15, 0.2) is 41.0 Å². The summed E-state index contributed by atoms with van der Waals surface area (Å²) in [5.41, 5.74) is 6.52. The highest BCUT2D eigenvalue weighted by Gasteiger charge is 2.37. The summed E-state index contributed by atoms with van der Waals surface area (Å²) in [5.74, 6) is 1.31. The van der Waals surface area contributed by atoms with Gasteiger partial charge in [-0.15, -0.1) is 11.3 Å². The van der Waals surface area contributed by atoms with Crippen LogP contribution < -0.4 is 0 Å². The van der Waals surface area contributed by atoms with Gasteiger partial charge in [0, 0.05) is 42.6 Å². The van der Waals surface area contributed by atoms with Crippen LogP contribution in [0.25, 0.3) is 17.3 Å². The van der Waals surface area contributed by atoms with E-state index in [1.54, 1.807) is 17.7 Å². The number of fused-ring (bicyclic) bond motifs is 2. The van der Waals surface area contributed by atoms with E-state index in [2.05, 4.69) is 61.3 Å². The maximum Gasteiger partial charge on any atom is 0.242 e. The van der Waals surface area contributed by atoms with Crippen LogP contribution in [0.3, 0.4) is 0 Å². The van der Waals surface area contributed by atoms with E-state index in [0.29, 0.717) is 5.92 Å². The standard InChI is InChI=1S/C31H37N5OS/c1-30(2)12-13-31(3,4)24-17-22(8-9-23(24)30)26-19-38-29(34-26)21-10-15-35(16-11-21)27(37)18-36-20-33-25-7-5-6-14-32-28(25)36/h5,7-9,14,17,19-21H,6,10-13,15-16,18H2,1-4H3. The first-order valence-electron chi connectivity index (χ1n) is 13.8. The van der Waals surface area contributed by atoms with Gasteiger partial charge in [0.15, 0.2) is 5.82 Å². The van der Waals surface area contributed by atoms with E-state index < -0.39 is 0 Å². The highest BCUT2D eigenvalue weighted by Crippen LogP contribution is 2.47. The largest absolute Gasteiger partial charge is 0.341 e. The second-order valence-corrected chi connectivity index (χ2v) is 13.2. The summed E-state index contributed by atoms with van der Waals surface area (Å²) < 4.78 is 1.87. The van der Waals surface area contributed by atoms with Gasteiger partial charge >= 0.3 is 0 Å². The zero-order valence-electron chi connectivity index (χ0n) is 22.9. The van der Waals surface area contributed by atoms with Crippen LogP contribution in [0.4, 0.5) is 5.82 Å². The Morgan fingerprint density at radius 2 is 1.84 bits per heavy atom. The molecule has 0 saturated carbocycles. The lowest BCUT2D eigenvalue weighted by molar-refractivity contribution is -0.132. The number of hydrogen-bond donors (Lipinski definition) is 0. The molecule has 2 aromatic heterocycles. The van der Waals surface area contributed by atoms with Crippen LogP contribution >= 0.6 is 11.3 Å². The van der Waals surface area contributed by atoms with Gasteiger partial charge in [-0.3, -0.25) is 4.79 Å². The van der Waals surface area contributed by atoms with Gasteiger partial charge in [-0.1, -0.05) is 45.9 Å². The Balaban J connectivity index is 1.12. The van der Waals surface area contributed by atoms with Crippen molar-refractivity contribution in [2.24, 2.45) is 4.99 Å². The van der Waals surface area contributed by atoms with E-state index in [9.17, 15) is 4.79 Å². The molecule has 0 N–H and O–H groups in total. The number of carbonyl (C=O) groups is 1. The molecule has 6 nitrogen and oxygen atoms in total. The third kappa shape index (κ3) is 4.66. The summed E-state index contributed by atoms with van der Waals surface area (Å²) in [6.07, 6.45) is 12.7. The lowest BCUT2D eigenvalue weighted by atomic mass is 9.63. The van der Waals surface area contributed by atoms with Crippen LogP contribution in [-0.2, 0) is 22.2 Å². The van der Waals surface area contributed by atoms with Gasteiger partial charge in [0.25, 0.3) is 0 Å². The second-order valence-electron chi connectivity index (χ2n) is 12.3. The first-order chi connectivity index (χ1) is 18.2. The Hall–Kier alpha value is -3.06. The van der Waals surface area contributed by atoms with E-state index in [4.69, 9.17) is 4.98 Å². The third-order valence-corrected chi connectivity index (χ3v) is 9.75. The number of hydrogen-bond acceptors (Lipinski definition) is 5. The van der Waals surface area contributed by atoms with Crippen molar-refractivity contribution in [1.82, 2.24) is 19.4 Å². The maximum absolute atomic E-state index is 13.1. The van der Waals surface area contributed by atoms with E-state index >= 15 is 0 Å². The van der Waals surface area contributed by atoms with Gasteiger partial charge in [0.05, 0.1) is 17.0 Å². The number of aromatic nitrogens is 3. The van der Waals surface area contributed by atoms with E-state index in [1.807, 2.05) is 27.8 Å². The summed E-state index contributed by atoms with van der Waals surface area (Å²) in [6, 6.07) is 7.00. The van der Waals surface area contributed by atoms with Gasteiger partial charge < -0.3 is 9.47 Å². The highest BCUT2D eigenvalue weighted by atomic mass is 32.1. The summed E-state index contributed by atoms with van der Waals surface area (Å²) in [5, 5.41) is 3.42. The van der Waals surface area contributed by atoms with Gasteiger partial charge in [-0.2, -0.15) is 0 Å². The van der Waals surface area contributed by atoms with Crippen LogP contribution in [0.5, 0.6) is 0 Å². The number of carbonyl (C=O) groups excluding carboxylic acids is 1. The summed E-state index contributed by atoms with van der Waals surface area (Å²) in [4.78, 5) is 29.1. The van der Waals surface area contributed by atoms with Crippen LogP contribution in [0.2, 0.25) is 0 Å². The lowest BCUT2D eigenvalue weighted by Crippen LogP contribution is -2.39. The van der Waals surface area contributed by atoms with Crippen molar-refractivity contribution in [3.05, 3.63) is 57.8 Å². The quantitative estimate of drug-likeness (QED) is 0.371. The van der Waals surface area contributed by atoms with E-state index in [-0.39, 0.29) is 23.3 Å². The molecular formula is C31H37N5OS. The predicted octanol–water partition coefficient (Wildman–Crippen LogP) is 6.88. The van der Waals surface area contributed by atoms with Gasteiger partial charge in [-0.25, -0.2) is 15.0 Å². The van der Waals surface area contributed by atoms with Crippen molar-refractivity contribution >= 4 is 35.4 Å². The zero-order chi connectivity index (χ0) is 26.5. The minimum Gasteiger partial charge on any atom is -0.341 e. The summed E-state index contributed by atoms with van der Waals surface area (Å²) in [7, 11) is 0. The first kappa shape index (κ1) is 25.2. The van der Waals surface area contributed by atoms with Crippen molar-refractivity contribution in [3.8, 4) is 11.3 Å². The van der Waals surface area contributed by atoms with Gasteiger partial charge in [-0.05, 0) is 59.8 Å². The number of thiazole rings is 1. The summed E-state index contributed by atoms with van der Waals surface area (Å²) >= 11 is 1.77. The first-order valence-corrected chi connectivity index (χ1v) is 14.7. The summed E-state index contributed by atoms with van der Waals surface area (Å²) in [6.45, 7) is 11.3. The Labute approximate surface area is 229 Å². The van der Waals surface area contributed by atoms with Crippen LogP contribution in [0.1, 0.15) is 87.5 Å². The van der Waals surface area contributed by atoms with Crippen molar-refractivity contribution in [3.63, 3.8) is 0 Å². The monoisotopic (exact) mass is 527 g/mol. The van der Waals surface area contributed by atoms with Gasteiger partial charge in [0.2, 0.25) is 5.91 Å². The smallest absolute Gasteiger partial charge is 0.242 e. The number of nitrogens with zero attached hydrogens (tertiary/aromatic N) is 5. The maximum atomic E-state index is 13.1. The molecule has 4 heterocycles. The molecule has 0 spiro atoms. The molecule has 0 atom stereocenters. The fraction of sp³-hybridized carbons (Fsp3) is 0.484. The average molecular weight is 528 g/mol. The molecule has 1 amide bonds. The van der Waals surface area contributed by atoms with Crippen molar-refractivity contribution in [2.75, 3.05) is 13.1 Å². The molecule has 1 aliphatic carbocycles. The van der Waals surface area contributed by atoms with Crippen LogP contribution in [0, 0.1) is 0 Å². The van der Waals surface area contributed by atoms with E-state index in [0.717, 1.165) is 49.6 Å². The number of rotatable bonds is 4. The SMILES string of the molecule is CC1(C)CCC(C)(C)c2cc(-c3csc(C4CCN(C(=O)Cn5cnc6c5N=CCC=C6)CC4)n3)ccc21. The van der Waals surface area contributed by atoms with Crippen molar-refractivity contribution in [2.45, 2.75) is 83.1 Å². The number of allylic oxidation sites excluding steroid dienone is 1. The molecule has 1 saturated heterocycles. The molecule has 0 radical (unpaired) electrons. The topological polar surface area (TPSA) is 63.4 Å². The molecule has 6 rings (SSSR count).